The smallest absolute Gasteiger partial charge is 0.270 e. The normalized spacial score (nSPS) is 13.4. The topological polar surface area (TPSA) is 54.5 Å². The fourth-order valence-electron chi connectivity index (χ4n) is 1.23. The minimum Gasteiger partial charge on any atom is -0.339 e. The van der Waals surface area contributed by atoms with E-state index >= 15 is 0 Å². The molecule has 4 nitrogen and oxygen atoms in total. The monoisotopic (exact) mass is 295 g/mol. The molecule has 1 amide bonds. The second-order valence-corrected chi connectivity index (χ2v) is 7.47. The van der Waals surface area contributed by atoms with Crippen LogP contribution in [0.4, 0.5) is 0 Å². The van der Waals surface area contributed by atoms with Gasteiger partial charge in [-0.2, -0.15) is 0 Å². The number of amides is 1. The zero-order valence-electron chi connectivity index (χ0n) is 9.81. The van der Waals surface area contributed by atoms with Crippen molar-refractivity contribution in [3.8, 4) is 0 Å². The van der Waals surface area contributed by atoms with E-state index in [9.17, 15) is 13.2 Å². The number of rotatable bonds is 4. The molecule has 1 aromatic heterocycles. The van der Waals surface area contributed by atoms with Crippen molar-refractivity contribution in [2.45, 2.75) is 30.5 Å². The first kappa shape index (κ1) is 14.5. The van der Waals surface area contributed by atoms with Gasteiger partial charge in [0.05, 0.1) is 5.56 Å². The maximum atomic E-state index is 12.0. The van der Waals surface area contributed by atoms with Gasteiger partial charge in [0.1, 0.15) is 4.21 Å². The maximum absolute atomic E-state index is 12.0. The van der Waals surface area contributed by atoms with Crippen LogP contribution < -0.4 is 0 Å². The summed E-state index contributed by atoms with van der Waals surface area (Å²) in [6, 6.07) is 1.42. The van der Waals surface area contributed by atoms with Crippen molar-refractivity contribution >= 4 is 37.0 Å². The highest BCUT2D eigenvalue weighted by atomic mass is 35.7. The van der Waals surface area contributed by atoms with Crippen LogP contribution in [0, 0.1) is 0 Å². The van der Waals surface area contributed by atoms with Crippen molar-refractivity contribution in [2.24, 2.45) is 0 Å². The molecule has 0 spiro atoms. The Kier molecular flexibility index (Phi) is 4.57. The standard InChI is InChI=1S/C10H14ClNO3S2/c1-4-7(2)12(3)10(13)8-5-9(16-6-8)17(11,14)15/h5-7H,4H2,1-3H3. The van der Waals surface area contributed by atoms with Crippen LogP contribution in [0.2, 0.25) is 0 Å². The van der Waals surface area contributed by atoms with Gasteiger partial charge in [0.15, 0.2) is 0 Å². The van der Waals surface area contributed by atoms with E-state index in [2.05, 4.69) is 0 Å². The Morgan fingerprint density at radius 3 is 2.59 bits per heavy atom. The predicted octanol–water partition coefficient (Wildman–Crippen LogP) is 2.55. The van der Waals surface area contributed by atoms with Gasteiger partial charge in [0.25, 0.3) is 15.0 Å². The SMILES string of the molecule is CCC(C)N(C)C(=O)c1csc(S(=O)(=O)Cl)c1. The van der Waals surface area contributed by atoms with Crippen molar-refractivity contribution in [1.82, 2.24) is 4.90 Å². The van der Waals surface area contributed by atoms with Crippen LogP contribution in [-0.4, -0.2) is 32.3 Å². The summed E-state index contributed by atoms with van der Waals surface area (Å²) in [6.07, 6.45) is 0.840. The zero-order chi connectivity index (χ0) is 13.2. The largest absolute Gasteiger partial charge is 0.339 e. The lowest BCUT2D eigenvalue weighted by Crippen LogP contribution is -2.34. The number of carbonyl (C=O) groups excluding carboxylic acids is 1. The lowest BCUT2D eigenvalue weighted by atomic mass is 10.2. The number of nitrogens with zero attached hydrogens (tertiary/aromatic N) is 1. The van der Waals surface area contributed by atoms with Gasteiger partial charge < -0.3 is 4.90 Å². The molecular formula is C10H14ClNO3S2. The van der Waals surface area contributed by atoms with Gasteiger partial charge in [-0.05, 0) is 19.4 Å². The van der Waals surface area contributed by atoms with Gasteiger partial charge in [-0.1, -0.05) is 6.92 Å². The Morgan fingerprint density at radius 2 is 2.18 bits per heavy atom. The van der Waals surface area contributed by atoms with Crippen LogP contribution in [-0.2, 0) is 9.05 Å². The highest BCUT2D eigenvalue weighted by Gasteiger charge is 2.20. The van der Waals surface area contributed by atoms with E-state index in [1.165, 1.54) is 11.4 Å². The van der Waals surface area contributed by atoms with Crippen molar-refractivity contribution in [3.63, 3.8) is 0 Å². The Labute approximate surface area is 110 Å². The third-order valence-corrected chi connectivity index (χ3v) is 5.68. The minimum atomic E-state index is -3.75. The van der Waals surface area contributed by atoms with Crippen LogP contribution in [0.3, 0.4) is 0 Å². The number of halogens is 1. The van der Waals surface area contributed by atoms with Crippen LogP contribution in [0.1, 0.15) is 30.6 Å². The summed E-state index contributed by atoms with van der Waals surface area (Å²) in [5.41, 5.74) is 0.358. The van der Waals surface area contributed by atoms with E-state index in [1.54, 1.807) is 11.9 Å². The summed E-state index contributed by atoms with van der Waals surface area (Å²) in [5, 5.41) is 1.51. The number of hydrogen-bond donors (Lipinski definition) is 0. The molecule has 0 aliphatic heterocycles. The van der Waals surface area contributed by atoms with Crippen LogP contribution >= 0.6 is 22.0 Å². The van der Waals surface area contributed by atoms with Crippen LogP contribution in [0.25, 0.3) is 0 Å². The van der Waals surface area contributed by atoms with Crippen molar-refractivity contribution in [3.05, 3.63) is 17.0 Å². The van der Waals surface area contributed by atoms with Crippen molar-refractivity contribution in [2.75, 3.05) is 7.05 Å². The van der Waals surface area contributed by atoms with Crippen LogP contribution in [0.15, 0.2) is 15.7 Å². The molecule has 0 fully saturated rings. The Hall–Kier alpha value is -0.590. The molecule has 0 aliphatic carbocycles. The maximum Gasteiger partial charge on any atom is 0.270 e. The summed E-state index contributed by atoms with van der Waals surface area (Å²) < 4.78 is 22.2. The summed E-state index contributed by atoms with van der Waals surface area (Å²) in [6.45, 7) is 3.92. The van der Waals surface area contributed by atoms with Crippen molar-refractivity contribution < 1.29 is 13.2 Å². The second kappa shape index (κ2) is 5.37. The van der Waals surface area contributed by atoms with Gasteiger partial charge in [-0.25, -0.2) is 8.42 Å². The molecule has 0 N–H and O–H groups in total. The molecule has 17 heavy (non-hydrogen) atoms. The molecule has 1 atom stereocenters. The van der Waals surface area contributed by atoms with Crippen molar-refractivity contribution in [1.29, 1.82) is 0 Å². The minimum absolute atomic E-state index is 0.0000631. The number of thiophene rings is 1. The predicted molar refractivity (Wildman–Crippen MR) is 69.2 cm³/mol. The quantitative estimate of drug-likeness (QED) is 0.802. The molecule has 1 unspecified atom stereocenters. The van der Waals surface area contributed by atoms with Crippen LogP contribution in [0.5, 0.6) is 0 Å². The molecule has 1 aromatic rings. The Balaban J connectivity index is 2.95. The van der Waals surface area contributed by atoms with E-state index in [0.717, 1.165) is 17.8 Å². The molecule has 0 aliphatic rings. The number of carbonyl (C=O) groups is 1. The summed E-state index contributed by atoms with van der Waals surface area (Å²) >= 11 is 0.954. The molecule has 0 radical (unpaired) electrons. The molecule has 0 aromatic carbocycles. The third-order valence-electron chi connectivity index (χ3n) is 2.63. The first-order valence-electron chi connectivity index (χ1n) is 5.07. The lowest BCUT2D eigenvalue weighted by Gasteiger charge is -2.23. The molecule has 0 saturated carbocycles. The Morgan fingerprint density at radius 1 is 1.59 bits per heavy atom. The Bertz CT molecular complexity index is 509. The van der Waals surface area contributed by atoms with Gasteiger partial charge in [0, 0.05) is 29.2 Å². The molecule has 0 bridgehead atoms. The molecule has 1 heterocycles. The molecule has 1 rings (SSSR count). The fraction of sp³-hybridized carbons (Fsp3) is 0.500. The second-order valence-electron chi connectivity index (χ2n) is 3.77. The first-order valence-corrected chi connectivity index (χ1v) is 8.26. The highest BCUT2D eigenvalue weighted by molar-refractivity contribution is 8.15. The lowest BCUT2D eigenvalue weighted by molar-refractivity contribution is 0.0741. The summed E-state index contributed by atoms with van der Waals surface area (Å²) in [7, 11) is 3.15. The third kappa shape index (κ3) is 3.43. The molecule has 0 saturated heterocycles. The van der Waals surface area contributed by atoms with Gasteiger partial charge >= 0.3 is 0 Å². The number of hydrogen-bond acceptors (Lipinski definition) is 4. The van der Waals surface area contributed by atoms with Gasteiger partial charge in [0.2, 0.25) is 0 Å². The van der Waals surface area contributed by atoms with Gasteiger partial charge in [-0.3, -0.25) is 4.79 Å². The van der Waals surface area contributed by atoms with E-state index in [1.807, 2.05) is 13.8 Å². The fourth-order valence-corrected chi connectivity index (χ4v) is 3.17. The molecule has 96 valence electrons. The molecule has 7 heteroatoms. The average Bonchev–Trinajstić information content (AvgIpc) is 2.74. The van der Waals surface area contributed by atoms with Gasteiger partial charge in [-0.15, -0.1) is 11.3 Å². The van der Waals surface area contributed by atoms with E-state index < -0.39 is 9.05 Å². The van der Waals surface area contributed by atoms with E-state index in [-0.39, 0.29) is 16.2 Å². The highest BCUT2D eigenvalue weighted by Crippen LogP contribution is 2.24. The first-order chi connectivity index (χ1) is 7.77. The van der Waals surface area contributed by atoms with E-state index in [0.29, 0.717) is 5.56 Å². The van der Waals surface area contributed by atoms with E-state index in [4.69, 9.17) is 10.7 Å². The summed E-state index contributed by atoms with van der Waals surface area (Å²) in [4.78, 5) is 13.6. The average molecular weight is 296 g/mol. The summed E-state index contributed by atoms with van der Waals surface area (Å²) in [5.74, 6) is -0.192. The molecular weight excluding hydrogens is 282 g/mol. The zero-order valence-corrected chi connectivity index (χ0v) is 12.2.